The van der Waals surface area contributed by atoms with Gasteiger partial charge in [-0.15, -0.1) is 0 Å². The first-order chi connectivity index (χ1) is 14.1. The minimum atomic E-state index is -0.372. The lowest BCUT2D eigenvalue weighted by Crippen LogP contribution is -2.03. The van der Waals surface area contributed by atoms with Gasteiger partial charge in [0.25, 0.3) is 0 Å². The molecule has 0 spiro atoms. The third-order valence-corrected chi connectivity index (χ3v) is 4.48. The summed E-state index contributed by atoms with van der Waals surface area (Å²) in [6, 6.07) is 22.9. The SMILES string of the molecule is COC(=O)c1ccc(Nc2nc(Nc3ccc(C)cc3)c3ccccc3n2)cc1. The number of nitrogens with one attached hydrogen (secondary N) is 2. The van der Waals surface area contributed by atoms with Gasteiger partial charge in [-0.25, -0.2) is 9.78 Å². The Morgan fingerprint density at radius 1 is 0.828 bits per heavy atom. The summed E-state index contributed by atoms with van der Waals surface area (Å²) in [6.45, 7) is 2.05. The van der Waals surface area contributed by atoms with E-state index in [9.17, 15) is 4.79 Å². The van der Waals surface area contributed by atoms with Gasteiger partial charge < -0.3 is 15.4 Å². The van der Waals surface area contributed by atoms with Crippen LogP contribution in [0.1, 0.15) is 15.9 Å². The van der Waals surface area contributed by atoms with Crippen LogP contribution in [0, 0.1) is 6.92 Å². The number of methoxy groups -OCH3 is 1. The van der Waals surface area contributed by atoms with E-state index in [0.29, 0.717) is 17.3 Å². The van der Waals surface area contributed by atoms with Crippen molar-refractivity contribution in [1.82, 2.24) is 9.97 Å². The van der Waals surface area contributed by atoms with Crippen molar-refractivity contribution < 1.29 is 9.53 Å². The molecule has 0 saturated heterocycles. The van der Waals surface area contributed by atoms with Crippen molar-refractivity contribution in [2.75, 3.05) is 17.7 Å². The van der Waals surface area contributed by atoms with E-state index < -0.39 is 0 Å². The van der Waals surface area contributed by atoms with E-state index >= 15 is 0 Å². The van der Waals surface area contributed by atoms with E-state index in [4.69, 9.17) is 4.74 Å². The molecule has 4 rings (SSSR count). The number of ether oxygens (including phenoxy) is 1. The average molecular weight is 384 g/mol. The second-order valence-corrected chi connectivity index (χ2v) is 6.60. The van der Waals surface area contributed by atoms with Crippen LogP contribution in [0.4, 0.5) is 23.1 Å². The van der Waals surface area contributed by atoms with Gasteiger partial charge in [0, 0.05) is 16.8 Å². The van der Waals surface area contributed by atoms with Gasteiger partial charge >= 0.3 is 5.97 Å². The summed E-state index contributed by atoms with van der Waals surface area (Å²) in [5, 5.41) is 7.51. The van der Waals surface area contributed by atoms with Crippen LogP contribution < -0.4 is 10.6 Å². The molecule has 0 unspecified atom stereocenters. The number of aryl methyl sites for hydroxylation is 1. The van der Waals surface area contributed by atoms with Gasteiger partial charge in [-0.2, -0.15) is 4.98 Å². The Kier molecular flexibility index (Phi) is 5.07. The summed E-state index contributed by atoms with van der Waals surface area (Å²) in [7, 11) is 1.36. The Balaban J connectivity index is 1.66. The van der Waals surface area contributed by atoms with Crippen LogP contribution in [0.25, 0.3) is 10.9 Å². The van der Waals surface area contributed by atoms with Crippen LogP contribution in [0.5, 0.6) is 0 Å². The molecule has 0 fully saturated rings. The molecule has 2 N–H and O–H groups in total. The zero-order valence-corrected chi connectivity index (χ0v) is 16.1. The van der Waals surface area contributed by atoms with Crippen molar-refractivity contribution in [3.63, 3.8) is 0 Å². The largest absolute Gasteiger partial charge is 0.465 e. The number of rotatable bonds is 5. The smallest absolute Gasteiger partial charge is 0.337 e. The van der Waals surface area contributed by atoms with E-state index in [1.54, 1.807) is 24.3 Å². The summed E-state index contributed by atoms with van der Waals surface area (Å²) in [5.41, 5.74) is 4.23. The normalized spacial score (nSPS) is 10.6. The number of anilines is 4. The maximum atomic E-state index is 11.6. The number of carbonyl (C=O) groups is 1. The molecule has 6 heteroatoms. The van der Waals surface area contributed by atoms with Crippen LogP contribution in [0.3, 0.4) is 0 Å². The summed E-state index contributed by atoms with van der Waals surface area (Å²) in [6.07, 6.45) is 0. The third kappa shape index (κ3) is 4.16. The van der Waals surface area contributed by atoms with Crippen molar-refractivity contribution in [1.29, 1.82) is 0 Å². The lowest BCUT2D eigenvalue weighted by Gasteiger charge is -2.12. The number of para-hydroxylation sites is 1. The van der Waals surface area contributed by atoms with Crippen molar-refractivity contribution in [2.24, 2.45) is 0 Å². The fourth-order valence-electron chi connectivity index (χ4n) is 2.94. The molecule has 0 bridgehead atoms. The summed E-state index contributed by atoms with van der Waals surface area (Å²) in [5.74, 6) is 0.806. The summed E-state index contributed by atoms with van der Waals surface area (Å²) >= 11 is 0. The highest BCUT2D eigenvalue weighted by molar-refractivity contribution is 5.92. The maximum Gasteiger partial charge on any atom is 0.337 e. The van der Waals surface area contributed by atoms with E-state index in [0.717, 1.165) is 22.3 Å². The van der Waals surface area contributed by atoms with Crippen molar-refractivity contribution in [3.8, 4) is 0 Å². The molecule has 0 aliphatic carbocycles. The maximum absolute atomic E-state index is 11.6. The molecule has 3 aromatic carbocycles. The van der Waals surface area contributed by atoms with Crippen LogP contribution in [-0.4, -0.2) is 23.0 Å². The molecule has 0 radical (unpaired) electrons. The van der Waals surface area contributed by atoms with Crippen LogP contribution in [-0.2, 0) is 4.74 Å². The predicted octanol–water partition coefficient (Wildman–Crippen LogP) is 5.21. The highest BCUT2D eigenvalue weighted by Gasteiger charge is 2.09. The fourth-order valence-corrected chi connectivity index (χ4v) is 2.94. The Morgan fingerprint density at radius 3 is 2.21 bits per heavy atom. The van der Waals surface area contributed by atoms with Gasteiger partial charge in [-0.1, -0.05) is 29.8 Å². The number of benzene rings is 3. The lowest BCUT2D eigenvalue weighted by atomic mass is 10.2. The number of hydrogen-bond donors (Lipinski definition) is 2. The van der Waals surface area contributed by atoms with E-state index in [-0.39, 0.29) is 5.97 Å². The molecular weight excluding hydrogens is 364 g/mol. The molecular formula is C23H20N4O2. The van der Waals surface area contributed by atoms with Crippen molar-refractivity contribution in [3.05, 3.63) is 83.9 Å². The fraction of sp³-hybridized carbons (Fsp3) is 0.0870. The zero-order valence-electron chi connectivity index (χ0n) is 16.1. The third-order valence-electron chi connectivity index (χ3n) is 4.48. The zero-order chi connectivity index (χ0) is 20.2. The predicted molar refractivity (Wildman–Crippen MR) is 115 cm³/mol. The van der Waals surface area contributed by atoms with Gasteiger partial charge in [-0.05, 0) is 55.5 Å². The second-order valence-electron chi connectivity index (χ2n) is 6.60. The molecule has 0 atom stereocenters. The molecule has 0 amide bonds. The molecule has 1 heterocycles. The van der Waals surface area contributed by atoms with Crippen molar-refractivity contribution in [2.45, 2.75) is 6.92 Å². The Hall–Kier alpha value is -3.93. The molecule has 0 aliphatic rings. The molecule has 4 aromatic rings. The highest BCUT2D eigenvalue weighted by atomic mass is 16.5. The first kappa shape index (κ1) is 18.4. The van der Waals surface area contributed by atoms with Crippen LogP contribution in [0.15, 0.2) is 72.8 Å². The van der Waals surface area contributed by atoms with E-state index in [1.165, 1.54) is 12.7 Å². The van der Waals surface area contributed by atoms with Gasteiger partial charge in [0.2, 0.25) is 5.95 Å². The van der Waals surface area contributed by atoms with E-state index in [2.05, 4.69) is 27.5 Å². The first-order valence-electron chi connectivity index (χ1n) is 9.18. The first-order valence-corrected chi connectivity index (χ1v) is 9.18. The monoisotopic (exact) mass is 384 g/mol. The molecule has 0 saturated carbocycles. The minimum Gasteiger partial charge on any atom is -0.465 e. The number of aromatic nitrogens is 2. The van der Waals surface area contributed by atoms with Gasteiger partial charge in [0.05, 0.1) is 18.2 Å². The van der Waals surface area contributed by atoms with Crippen LogP contribution >= 0.6 is 0 Å². The molecule has 1 aromatic heterocycles. The molecule has 144 valence electrons. The Labute approximate surface area is 168 Å². The number of fused-ring (bicyclic) bond motifs is 1. The average Bonchev–Trinajstić information content (AvgIpc) is 2.75. The summed E-state index contributed by atoms with van der Waals surface area (Å²) < 4.78 is 4.73. The van der Waals surface area contributed by atoms with Gasteiger partial charge in [0.15, 0.2) is 0 Å². The van der Waals surface area contributed by atoms with Gasteiger partial charge in [-0.3, -0.25) is 0 Å². The topological polar surface area (TPSA) is 76.1 Å². The molecule has 0 aliphatic heterocycles. The number of esters is 1. The number of nitrogens with zero attached hydrogens (tertiary/aromatic N) is 2. The van der Waals surface area contributed by atoms with Gasteiger partial charge in [0.1, 0.15) is 5.82 Å². The standard InChI is InChI=1S/C23H20N4O2/c1-15-7-11-17(12-8-15)24-21-19-5-3-4-6-20(19)26-23(27-21)25-18-13-9-16(10-14-18)22(28)29-2/h3-14H,1-2H3,(H2,24,25,26,27). The highest BCUT2D eigenvalue weighted by Crippen LogP contribution is 2.26. The van der Waals surface area contributed by atoms with E-state index in [1.807, 2.05) is 48.5 Å². The number of hydrogen-bond acceptors (Lipinski definition) is 6. The lowest BCUT2D eigenvalue weighted by molar-refractivity contribution is 0.0601. The Morgan fingerprint density at radius 2 is 1.48 bits per heavy atom. The summed E-state index contributed by atoms with van der Waals surface area (Å²) in [4.78, 5) is 20.9. The van der Waals surface area contributed by atoms with Crippen LogP contribution in [0.2, 0.25) is 0 Å². The van der Waals surface area contributed by atoms with Crippen molar-refractivity contribution >= 4 is 40.0 Å². The minimum absolute atomic E-state index is 0.372. The second kappa shape index (κ2) is 7.98. The molecule has 6 nitrogen and oxygen atoms in total. The molecule has 29 heavy (non-hydrogen) atoms. The quantitative estimate of drug-likeness (QED) is 0.460. The Bertz CT molecular complexity index is 1160. The number of carbonyl (C=O) groups excluding carboxylic acids is 1.